The van der Waals surface area contributed by atoms with Crippen LogP contribution in [-0.2, 0) is 6.54 Å². The van der Waals surface area contributed by atoms with E-state index in [1.54, 1.807) is 11.0 Å². The summed E-state index contributed by atoms with van der Waals surface area (Å²) < 4.78 is 5.25. The molecule has 24 heavy (non-hydrogen) atoms. The van der Waals surface area contributed by atoms with Crippen molar-refractivity contribution in [2.24, 2.45) is 0 Å². The number of nitrogens with one attached hydrogen (secondary N) is 2. The SMILES string of the molecule is O=[N+]([O-])c1ccc(C[NH+]2CC[NH+](C/C=C/c3ccccc3)CC2)o1. The van der Waals surface area contributed by atoms with E-state index in [2.05, 4.69) is 24.3 Å². The van der Waals surface area contributed by atoms with Gasteiger partial charge in [0.15, 0.2) is 5.76 Å². The number of piperazine rings is 1. The van der Waals surface area contributed by atoms with Crippen molar-refractivity contribution in [3.05, 3.63) is 70.0 Å². The maximum absolute atomic E-state index is 10.6. The topological polar surface area (TPSA) is 65.2 Å². The molecule has 1 aromatic carbocycles. The molecule has 0 unspecified atom stereocenters. The zero-order valence-corrected chi connectivity index (χ0v) is 13.6. The van der Waals surface area contributed by atoms with Gasteiger partial charge in [-0.1, -0.05) is 36.4 Å². The van der Waals surface area contributed by atoms with E-state index in [0.717, 1.165) is 39.3 Å². The van der Waals surface area contributed by atoms with Crippen LogP contribution in [0.4, 0.5) is 5.88 Å². The van der Waals surface area contributed by atoms with Gasteiger partial charge in [0.25, 0.3) is 0 Å². The minimum Gasteiger partial charge on any atom is -0.400 e. The first kappa shape index (κ1) is 16.4. The van der Waals surface area contributed by atoms with Gasteiger partial charge in [0.1, 0.15) is 37.6 Å². The van der Waals surface area contributed by atoms with Crippen LogP contribution in [0.25, 0.3) is 6.08 Å². The van der Waals surface area contributed by atoms with E-state index in [-0.39, 0.29) is 5.88 Å². The number of nitro groups is 1. The van der Waals surface area contributed by atoms with E-state index in [1.165, 1.54) is 16.5 Å². The van der Waals surface area contributed by atoms with Crippen molar-refractivity contribution in [3.8, 4) is 0 Å². The number of hydrogen-bond donors (Lipinski definition) is 2. The summed E-state index contributed by atoms with van der Waals surface area (Å²) in [5.41, 5.74) is 1.24. The summed E-state index contributed by atoms with van der Waals surface area (Å²) in [5.74, 6) is 0.531. The van der Waals surface area contributed by atoms with Crippen LogP contribution >= 0.6 is 0 Å². The molecule has 126 valence electrons. The Hall–Kier alpha value is -2.44. The number of rotatable bonds is 6. The van der Waals surface area contributed by atoms with Gasteiger partial charge in [0.2, 0.25) is 0 Å². The number of hydrogen-bond acceptors (Lipinski definition) is 3. The second-order valence-electron chi connectivity index (χ2n) is 6.19. The number of nitrogens with zero attached hydrogens (tertiary/aromatic N) is 1. The first-order valence-electron chi connectivity index (χ1n) is 8.32. The van der Waals surface area contributed by atoms with Crippen LogP contribution in [0.3, 0.4) is 0 Å². The van der Waals surface area contributed by atoms with E-state index >= 15 is 0 Å². The molecule has 3 rings (SSSR count). The molecule has 6 heteroatoms. The molecule has 1 aromatic heterocycles. The largest absolute Gasteiger partial charge is 0.433 e. The fourth-order valence-electron chi connectivity index (χ4n) is 3.07. The molecule has 0 amide bonds. The molecule has 0 radical (unpaired) electrons. The Morgan fingerprint density at radius 2 is 1.75 bits per heavy atom. The molecule has 2 aromatic rings. The van der Waals surface area contributed by atoms with Gasteiger partial charge in [-0.15, -0.1) is 0 Å². The van der Waals surface area contributed by atoms with Gasteiger partial charge in [-0.05, 0) is 17.7 Å². The monoisotopic (exact) mass is 329 g/mol. The van der Waals surface area contributed by atoms with Crippen molar-refractivity contribution in [1.82, 2.24) is 0 Å². The van der Waals surface area contributed by atoms with E-state index < -0.39 is 4.92 Å². The van der Waals surface area contributed by atoms with Crippen LogP contribution < -0.4 is 9.80 Å². The molecule has 2 heterocycles. The fraction of sp³-hybridized carbons (Fsp3) is 0.333. The highest BCUT2D eigenvalue weighted by Gasteiger charge is 2.24. The molecule has 0 spiro atoms. The van der Waals surface area contributed by atoms with E-state index in [4.69, 9.17) is 4.42 Å². The average molecular weight is 329 g/mol. The first-order chi connectivity index (χ1) is 11.7. The Bertz CT molecular complexity index is 689. The lowest BCUT2D eigenvalue weighted by atomic mass is 10.2. The molecule has 0 aliphatic carbocycles. The molecule has 1 saturated heterocycles. The van der Waals surface area contributed by atoms with E-state index in [9.17, 15) is 10.1 Å². The fourth-order valence-corrected chi connectivity index (χ4v) is 3.07. The lowest BCUT2D eigenvalue weighted by molar-refractivity contribution is -1.02. The maximum Gasteiger partial charge on any atom is 0.433 e. The van der Waals surface area contributed by atoms with Gasteiger partial charge in [0.05, 0.1) is 12.6 Å². The highest BCUT2D eigenvalue weighted by molar-refractivity contribution is 5.48. The Balaban J connectivity index is 1.42. The summed E-state index contributed by atoms with van der Waals surface area (Å²) >= 11 is 0. The Morgan fingerprint density at radius 1 is 1.04 bits per heavy atom. The number of quaternary nitrogens is 2. The molecule has 6 nitrogen and oxygen atoms in total. The maximum atomic E-state index is 10.6. The van der Waals surface area contributed by atoms with Gasteiger partial charge in [0, 0.05) is 0 Å². The minimum absolute atomic E-state index is 0.167. The van der Waals surface area contributed by atoms with Crippen molar-refractivity contribution in [2.45, 2.75) is 6.54 Å². The van der Waals surface area contributed by atoms with Gasteiger partial charge < -0.3 is 14.2 Å². The molecule has 1 aliphatic rings. The van der Waals surface area contributed by atoms with Gasteiger partial charge in [-0.25, -0.2) is 0 Å². The van der Waals surface area contributed by atoms with Gasteiger partial charge >= 0.3 is 5.88 Å². The van der Waals surface area contributed by atoms with Crippen LogP contribution in [0.1, 0.15) is 11.3 Å². The third kappa shape index (κ3) is 4.53. The third-order valence-corrected chi connectivity index (χ3v) is 4.43. The van der Waals surface area contributed by atoms with Crippen LogP contribution in [0.2, 0.25) is 0 Å². The summed E-state index contributed by atoms with van der Waals surface area (Å²) in [6, 6.07) is 13.5. The summed E-state index contributed by atoms with van der Waals surface area (Å²) in [7, 11) is 0. The Morgan fingerprint density at radius 3 is 2.42 bits per heavy atom. The minimum atomic E-state index is -0.486. The highest BCUT2D eigenvalue weighted by atomic mass is 16.6. The van der Waals surface area contributed by atoms with Crippen molar-refractivity contribution in [2.75, 3.05) is 32.7 Å². The van der Waals surface area contributed by atoms with Crippen LogP contribution in [0, 0.1) is 10.1 Å². The van der Waals surface area contributed by atoms with Gasteiger partial charge in [-0.2, -0.15) is 0 Å². The normalized spacial score (nSPS) is 21.2. The van der Waals surface area contributed by atoms with E-state index in [0.29, 0.717) is 5.76 Å². The standard InChI is InChI=1S/C18H21N3O3/c22-21(23)18-9-8-17(24-18)15-20-13-11-19(12-14-20)10-4-7-16-5-2-1-3-6-16/h1-9H,10-15H2/p+2/b7-4+. The second-order valence-corrected chi connectivity index (χ2v) is 6.19. The summed E-state index contributed by atoms with van der Waals surface area (Å²) in [6.45, 7) is 6.09. The average Bonchev–Trinajstić information content (AvgIpc) is 3.06. The lowest BCUT2D eigenvalue weighted by Gasteiger charge is -2.28. The highest BCUT2D eigenvalue weighted by Crippen LogP contribution is 2.14. The zero-order valence-electron chi connectivity index (χ0n) is 13.6. The van der Waals surface area contributed by atoms with E-state index in [1.807, 2.05) is 18.2 Å². The third-order valence-electron chi connectivity index (χ3n) is 4.43. The van der Waals surface area contributed by atoms with Crippen molar-refractivity contribution >= 4 is 12.0 Å². The summed E-state index contributed by atoms with van der Waals surface area (Å²) in [6.07, 6.45) is 4.42. The number of benzene rings is 1. The zero-order chi connectivity index (χ0) is 16.8. The van der Waals surface area contributed by atoms with Crippen molar-refractivity contribution < 1.29 is 19.1 Å². The molecule has 2 N–H and O–H groups in total. The Kier molecular flexibility index (Phi) is 5.40. The van der Waals surface area contributed by atoms with Crippen LogP contribution in [-0.4, -0.2) is 37.6 Å². The van der Waals surface area contributed by atoms with Crippen LogP contribution in [0.5, 0.6) is 0 Å². The van der Waals surface area contributed by atoms with Gasteiger partial charge in [-0.3, -0.25) is 10.1 Å². The Labute approximate surface area is 141 Å². The molecule has 1 fully saturated rings. The number of furan rings is 1. The summed E-state index contributed by atoms with van der Waals surface area (Å²) in [5, 5.41) is 10.6. The summed E-state index contributed by atoms with van der Waals surface area (Å²) in [4.78, 5) is 13.2. The van der Waals surface area contributed by atoms with Crippen molar-refractivity contribution in [3.63, 3.8) is 0 Å². The molecular formula is C18H23N3O3+2. The second kappa shape index (κ2) is 7.90. The smallest absolute Gasteiger partial charge is 0.400 e. The molecule has 0 bridgehead atoms. The molecule has 0 saturated carbocycles. The van der Waals surface area contributed by atoms with Crippen LogP contribution in [0.15, 0.2) is 53.0 Å². The quantitative estimate of drug-likeness (QED) is 0.587. The van der Waals surface area contributed by atoms with Crippen molar-refractivity contribution in [1.29, 1.82) is 0 Å². The lowest BCUT2D eigenvalue weighted by Crippen LogP contribution is -3.27. The predicted molar refractivity (Wildman–Crippen MR) is 90.8 cm³/mol. The molecule has 0 atom stereocenters. The molecule has 1 aliphatic heterocycles. The molecular weight excluding hydrogens is 306 g/mol. The first-order valence-corrected chi connectivity index (χ1v) is 8.32. The predicted octanol–water partition coefficient (Wildman–Crippen LogP) is 0.185.